The van der Waals surface area contributed by atoms with Crippen molar-refractivity contribution in [2.75, 3.05) is 0 Å². The van der Waals surface area contributed by atoms with E-state index in [0.717, 1.165) is 18.5 Å². The van der Waals surface area contributed by atoms with E-state index in [4.69, 9.17) is 5.26 Å². The normalized spacial score (nSPS) is 17.1. The molecule has 0 aromatic carbocycles. The van der Waals surface area contributed by atoms with E-state index in [2.05, 4.69) is 6.07 Å². The van der Waals surface area contributed by atoms with Crippen LogP contribution in [-0.4, -0.2) is 4.57 Å². The second-order valence-electron chi connectivity index (χ2n) is 4.43. The molecule has 2 rings (SSSR count). The van der Waals surface area contributed by atoms with Crippen molar-refractivity contribution in [1.82, 2.24) is 4.57 Å². The van der Waals surface area contributed by atoms with Gasteiger partial charge in [-0.2, -0.15) is 5.26 Å². The fourth-order valence-corrected chi connectivity index (χ4v) is 1.90. The van der Waals surface area contributed by atoms with Crippen molar-refractivity contribution in [3.05, 3.63) is 34.2 Å². The third-order valence-electron chi connectivity index (χ3n) is 3.17. The molecule has 1 aliphatic carbocycles. The highest BCUT2D eigenvalue weighted by Gasteiger charge is 2.42. The minimum atomic E-state index is 0.0409. The molecule has 0 bridgehead atoms. The topological polar surface area (TPSA) is 45.8 Å². The highest BCUT2D eigenvalue weighted by molar-refractivity contribution is 5.07. The molecule has 1 aromatic heterocycles. The maximum absolute atomic E-state index is 11.6. The zero-order valence-corrected chi connectivity index (χ0v) is 8.86. The van der Waals surface area contributed by atoms with E-state index in [1.807, 2.05) is 13.0 Å². The van der Waals surface area contributed by atoms with E-state index in [9.17, 15) is 4.79 Å². The standard InChI is InChI=1S/C12H14N2O/c1-10-3-2-4-11(15)14(10)9-12(5-6-12)7-8-13/h2-4H,5-7,9H2,1H3. The second kappa shape index (κ2) is 3.54. The predicted octanol–water partition coefficient (Wildman–Crippen LogP) is 1.85. The van der Waals surface area contributed by atoms with E-state index in [1.54, 1.807) is 16.7 Å². The van der Waals surface area contributed by atoms with Crippen LogP contribution in [0, 0.1) is 23.7 Å². The molecule has 3 nitrogen and oxygen atoms in total. The van der Waals surface area contributed by atoms with Gasteiger partial charge in [-0.25, -0.2) is 0 Å². The van der Waals surface area contributed by atoms with Crippen LogP contribution in [0.4, 0.5) is 0 Å². The Labute approximate surface area is 89.0 Å². The van der Waals surface area contributed by atoms with Gasteiger partial charge in [0.2, 0.25) is 0 Å². The molecule has 3 heteroatoms. The van der Waals surface area contributed by atoms with Crippen LogP contribution in [0.1, 0.15) is 25.0 Å². The molecule has 78 valence electrons. The van der Waals surface area contributed by atoms with Crippen LogP contribution in [0.5, 0.6) is 0 Å². The van der Waals surface area contributed by atoms with Gasteiger partial charge in [0.15, 0.2) is 0 Å². The molecule has 0 unspecified atom stereocenters. The number of hydrogen-bond donors (Lipinski definition) is 0. The molecule has 0 amide bonds. The molecule has 15 heavy (non-hydrogen) atoms. The SMILES string of the molecule is Cc1cccc(=O)n1CC1(CC#N)CC1. The fourth-order valence-electron chi connectivity index (χ4n) is 1.90. The fraction of sp³-hybridized carbons (Fsp3) is 0.500. The second-order valence-corrected chi connectivity index (χ2v) is 4.43. The number of hydrogen-bond acceptors (Lipinski definition) is 2. The summed E-state index contributed by atoms with van der Waals surface area (Å²) in [6.07, 6.45) is 2.70. The van der Waals surface area contributed by atoms with Crippen LogP contribution in [0.15, 0.2) is 23.0 Å². The minimum absolute atomic E-state index is 0.0409. The lowest BCUT2D eigenvalue weighted by Crippen LogP contribution is -2.25. The summed E-state index contributed by atoms with van der Waals surface area (Å²) in [4.78, 5) is 11.6. The Morgan fingerprint density at radius 1 is 1.53 bits per heavy atom. The number of rotatable bonds is 3. The lowest BCUT2D eigenvalue weighted by atomic mass is 10.0. The van der Waals surface area contributed by atoms with Gasteiger partial charge in [0, 0.05) is 30.1 Å². The molecule has 0 N–H and O–H groups in total. The predicted molar refractivity (Wildman–Crippen MR) is 57.3 cm³/mol. The Bertz CT molecular complexity index is 463. The van der Waals surface area contributed by atoms with E-state index >= 15 is 0 Å². The van der Waals surface area contributed by atoms with Gasteiger partial charge in [-0.1, -0.05) is 6.07 Å². The van der Waals surface area contributed by atoms with Crippen molar-refractivity contribution >= 4 is 0 Å². The molecule has 1 saturated carbocycles. The molecular weight excluding hydrogens is 188 g/mol. The summed E-state index contributed by atoms with van der Waals surface area (Å²) < 4.78 is 1.78. The molecule has 0 radical (unpaired) electrons. The molecule has 0 atom stereocenters. The number of pyridine rings is 1. The summed E-state index contributed by atoms with van der Waals surface area (Å²) in [5.74, 6) is 0. The quantitative estimate of drug-likeness (QED) is 0.750. The van der Waals surface area contributed by atoms with Crippen molar-refractivity contribution in [3.8, 4) is 6.07 Å². The van der Waals surface area contributed by atoms with Gasteiger partial charge in [-0.3, -0.25) is 4.79 Å². The zero-order chi connectivity index (χ0) is 10.9. The zero-order valence-electron chi connectivity index (χ0n) is 8.86. The molecule has 1 fully saturated rings. The van der Waals surface area contributed by atoms with Gasteiger partial charge >= 0.3 is 0 Å². The Morgan fingerprint density at radius 3 is 2.80 bits per heavy atom. The number of aromatic nitrogens is 1. The maximum atomic E-state index is 11.6. The molecule has 0 aliphatic heterocycles. The first-order chi connectivity index (χ1) is 7.17. The molecular formula is C12H14N2O. The van der Waals surface area contributed by atoms with Crippen molar-refractivity contribution < 1.29 is 0 Å². The first-order valence-electron chi connectivity index (χ1n) is 5.20. The third kappa shape index (κ3) is 1.94. The van der Waals surface area contributed by atoms with Crippen LogP contribution < -0.4 is 5.56 Å². The van der Waals surface area contributed by atoms with Gasteiger partial charge in [-0.15, -0.1) is 0 Å². The largest absolute Gasteiger partial charge is 0.312 e. The number of nitrogens with zero attached hydrogens (tertiary/aromatic N) is 2. The van der Waals surface area contributed by atoms with Crippen LogP contribution in [-0.2, 0) is 6.54 Å². The van der Waals surface area contributed by atoms with Gasteiger partial charge < -0.3 is 4.57 Å². The molecule has 1 heterocycles. The van der Waals surface area contributed by atoms with Gasteiger partial charge in [0.05, 0.1) is 6.07 Å². The van der Waals surface area contributed by atoms with Gasteiger partial charge in [0.25, 0.3) is 5.56 Å². The minimum Gasteiger partial charge on any atom is -0.312 e. The highest BCUT2D eigenvalue weighted by Crippen LogP contribution is 2.49. The summed E-state index contributed by atoms with van der Waals surface area (Å²) in [5, 5.41) is 8.72. The van der Waals surface area contributed by atoms with E-state index < -0.39 is 0 Å². The summed E-state index contributed by atoms with van der Waals surface area (Å²) in [6.45, 7) is 2.63. The van der Waals surface area contributed by atoms with E-state index in [-0.39, 0.29) is 11.0 Å². The Hall–Kier alpha value is -1.56. The first kappa shape index (κ1) is 9.97. The van der Waals surface area contributed by atoms with Crippen LogP contribution in [0.25, 0.3) is 0 Å². The average molecular weight is 202 g/mol. The molecule has 0 saturated heterocycles. The smallest absolute Gasteiger partial charge is 0.250 e. The monoisotopic (exact) mass is 202 g/mol. The number of nitriles is 1. The van der Waals surface area contributed by atoms with Gasteiger partial charge in [-0.05, 0) is 25.8 Å². The van der Waals surface area contributed by atoms with Crippen molar-refractivity contribution in [2.24, 2.45) is 5.41 Å². The Morgan fingerprint density at radius 2 is 2.27 bits per heavy atom. The van der Waals surface area contributed by atoms with Crippen molar-refractivity contribution in [1.29, 1.82) is 5.26 Å². The van der Waals surface area contributed by atoms with Crippen LogP contribution in [0.2, 0.25) is 0 Å². The van der Waals surface area contributed by atoms with E-state index in [0.29, 0.717) is 13.0 Å². The molecule has 1 aliphatic rings. The van der Waals surface area contributed by atoms with Crippen LogP contribution >= 0.6 is 0 Å². The van der Waals surface area contributed by atoms with Crippen molar-refractivity contribution in [2.45, 2.75) is 32.7 Å². The Kier molecular flexibility index (Phi) is 2.36. The Balaban J connectivity index is 2.26. The number of aryl methyl sites for hydroxylation is 1. The summed E-state index contributed by atoms with van der Waals surface area (Å²) in [5.41, 5.74) is 1.11. The molecule has 1 aromatic rings. The highest BCUT2D eigenvalue weighted by atomic mass is 16.1. The summed E-state index contributed by atoms with van der Waals surface area (Å²) >= 11 is 0. The van der Waals surface area contributed by atoms with Gasteiger partial charge in [0.1, 0.15) is 0 Å². The lowest BCUT2D eigenvalue weighted by molar-refractivity contribution is 0.418. The van der Waals surface area contributed by atoms with Crippen LogP contribution in [0.3, 0.4) is 0 Å². The summed E-state index contributed by atoms with van der Waals surface area (Å²) in [7, 11) is 0. The third-order valence-corrected chi connectivity index (χ3v) is 3.17. The maximum Gasteiger partial charge on any atom is 0.250 e. The average Bonchev–Trinajstić information content (AvgIpc) is 2.93. The lowest BCUT2D eigenvalue weighted by Gasteiger charge is -2.15. The van der Waals surface area contributed by atoms with E-state index in [1.165, 1.54) is 0 Å². The first-order valence-corrected chi connectivity index (χ1v) is 5.20. The summed E-state index contributed by atoms with van der Waals surface area (Å²) in [6, 6.07) is 7.50. The molecule has 0 spiro atoms. The van der Waals surface area contributed by atoms with Crippen molar-refractivity contribution in [3.63, 3.8) is 0 Å².